The molecule has 0 spiro atoms. The zero-order valence-corrected chi connectivity index (χ0v) is 13.2. The van der Waals surface area contributed by atoms with E-state index in [1.165, 1.54) is 5.56 Å². The maximum atomic E-state index is 5.64. The predicted octanol–water partition coefficient (Wildman–Crippen LogP) is 3.38. The summed E-state index contributed by atoms with van der Waals surface area (Å²) in [5, 5.41) is 3.46. The second kappa shape index (κ2) is 7.81. The second-order valence-electron chi connectivity index (χ2n) is 5.53. The molecule has 0 aliphatic rings. The van der Waals surface area contributed by atoms with E-state index in [2.05, 4.69) is 44.0 Å². The molecule has 3 heteroatoms. The topological polar surface area (TPSA) is 30.5 Å². The molecule has 0 aromatic heterocycles. The largest absolute Gasteiger partial charge is 0.490 e. The molecule has 0 unspecified atom stereocenters. The van der Waals surface area contributed by atoms with Crippen molar-refractivity contribution in [3.05, 3.63) is 23.8 Å². The van der Waals surface area contributed by atoms with Gasteiger partial charge in [-0.1, -0.05) is 12.0 Å². The maximum Gasteiger partial charge on any atom is 0.162 e. The van der Waals surface area contributed by atoms with Gasteiger partial charge in [0.15, 0.2) is 11.5 Å². The van der Waals surface area contributed by atoms with Gasteiger partial charge < -0.3 is 14.8 Å². The minimum Gasteiger partial charge on any atom is -0.490 e. The summed E-state index contributed by atoms with van der Waals surface area (Å²) in [5.41, 5.74) is 1.27. The lowest BCUT2D eigenvalue weighted by atomic mass is 10.1. The monoisotopic (exact) mass is 275 g/mol. The molecule has 0 atom stereocenters. The molecule has 0 heterocycles. The van der Waals surface area contributed by atoms with Gasteiger partial charge in [0.1, 0.15) is 6.61 Å². The van der Waals surface area contributed by atoms with Crippen molar-refractivity contribution >= 4 is 0 Å². The first kappa shape index (κ1) is 16.4. The van der Waals surface area contributed by atoms with E-state index in [9.17, 15) is 0 Å². The van der Waals surface area contributed by atoms with E-state index < -0.39 is 0 Å². The van der Waals surface area contributed by atoms with Gasteiger partial charge in [0.2, 0.25) is 0 Å². The summed E-state index contributed by atoms with van der Waals surface area (Å²) in [6.45, 7) is 12.0. The van der Waals surface area contributed by atoms with Crippen LogP contribution in [0.2, 0.25) is 0 Å². The van der Waals surface area contributed by atoms with E-state index in [1.54, 1.807) is 6.92 Å². The highest BCUT2D eigenvalue weighted by Crippen LogP contribution is 2.28. The lowest BCUT2D eigenvalue weighted by Crippen LogP contribution is -2.35. The Labute approximate surface area is 122 Å². The fourth-order valence-electron chi connectivity index (χ4n) is 1.60. The molecule has 0 aliphatic heterocycles. The summed E-state index contributed by atoms with van der Waals surface area (Å²) >= 11 is 0. The van der Waals surface area contributed by atoms with E-state index in [0.29, 0.717) is 13.2 Å². The van der Waals surface area contributed by atoms with Crippen molar-refractivity contribution in [3.8, 4) is 23.3 Å². The van der Waals surface area contributed by atoms with Gasteiger partial charge in [-0.2, -0.15) is 0 Å². The number of hydrogen-bond acceptors (Lipinski definition) is 3. The Balaban J connectivity index is 2.79. The van der Waals surface area contributed by atoms with E-state index in [-0.39, 0.29) is 5.54 Å². The fourth-order valence-corrected chi connectivity index (χ4v) is 1.60. The van der Waals surface area contributed by atoms with Crippen LogP contribution in [0, 0.1) is 11.8 Å². The van der Waals surface area contributed by atoms with Gasteiger partial charge in [0, 0.05) is 12.1 Å². The van der Waals surface area contributed by atoms with E-state index in [0.717, 1.165) is 18.0 Å². The van der Waals surface area contributed by atoms with Crippen molar-refractivity contribution < 1.29 is 9.47 Å². The third kappa shape index (κ3) is 5.99. The minimum absolute atomic E-state index is 0.0949. The average molecular weight is 275 g/mol. The summed E-state index contributed by atoms with van der Waals surface area (Å²) in [6.07, 6.45) is 0. The van der Waals surface area contributed by atoms with Gasteiger partial charge in [-0.3, -0.25) is 0 Å². The summed E-state index contributed by atoms with van der Waals surface area (Å²) < 4.78 is 11.3. The first-order valence-corrected chi connectivity index (χ1v) is 6.99. The van der Waals surface area contributed by atoms with Crippen molar-refractivity contribution in [3.63, 3.8) is 0 Å². The van der Waals surface area contributed by atoms with Crippen molar-refractivity contribution in [2.75, 3.05) is 13.2 Å². The smallest absolute Gasteiger partial charge is 0.162 e. The molecule has 110 valence electrons. The molecule has 1 aromatic rings. The lowest BCUT2D eigenvalue weighted by Gasteiger charge is -2.21. The van der Waals surface area contributed by atoms with Crippen LogP contribution in [0.1, 0.15) is 40.2 Å². The molecule has 0 saturated heterocycles. The van der Waals surface area contributed by atoms with Gasteiger partial charge in [-0.25, -0.2) is 0 Å². The molecular weight excluding hydrogens is 250 g/mol. The van der Waals surface area contributed by atoms with Crippen LogP contribution in [0.5, 0.6) is 11.5 Å². The summed E-state index contributed by atoms with van der Waals surface area (Å²) in [6, 6.07) is 6.02. The summed E-state index contributed by atoms with van der Waals surface area (Å²) in [4.78, 5) is 0. The van der Waals surface area contributed by atoms with Crippen molar-refractivity contribution in [1.82, 2.24) is 5.32 Å². The van der Waals surface area contributed by atoms with Crippen molar-refractivity contribution in [2.45, 2.75) is 46.7 Å². The summed E-state index contributed by atoms with van der Waals surface area (Å²) in [7, 11) is 0. The Morgan fingerprint density at radius 1 is 1.15 bits per heavy atom. The first-order valence-electron chi connectivity index (χ1n) is 6.99. The second-order valence-corrected chi connectivity index (χ2v) is 5.53. The zero-order chi connectivity index (χ0) is 15.0. The van der Waals surface area contributed by atoms with Crippen molar-refractivity contribution in [1.29, 1.82) is 0 Å². The molecule has 3 nitrogen and oxygen atoms in total. The predicted molar refractivity (Wildman–Crippen MR) is 83.1 cm³/mol. The molecule has 0 bridgehead atoms. The Morgan fingerprint density at radius 2 is 1.90 bits per heavy atom. The number of hydrogen-bond donors (Lipinski definition) is 1. The van der Waals surface area contributed by atoms with Crippen LogP contribution in [0.4, 0.5) is 0 Å². The Bertz CT molecular complexity index is 478. The average Bonchev–Trinajstić information content (AvgIpc) is 2.38. The van der Waals surface area contributed by atoms with E-state index >= 15 is 0 Å². The Morgan fingerprint density at radius 3 is 2.50 bits per heavy atom. The van der Waals surface area contributed by atoms with E-state index in [1.807, 2.05) is 19.1 Å². The lowest BCUT2D eigenvalue weighted by molar-refractivity contribution is 0.298. The van der Waals surface area contributed by atoms with Crippen LogP contribution in [0.3, 0.4) is 0 Å². The van der Waals surface area contributed by atoms with Gasteiger partial charge in [-0.05, 0) is 52.3 Å². The van der Waals surface area contributed by atoms with Crippen molar-refractivity contribution in [2.24, 2.45) is 0 Å². The molecule has 0 aliphatic carbocycles. The molecule has 20 heavy (non-hydrogen) atoms. The quantitative estimate of drug-likeness (QED) is 0.807. The fraction of sp³-hybridized carbons (Fsp3) is 0.529. The first-order chi connectivity index (χ1) is 9.46. The number of ether oxygens (including phenoxy) is 2. The molecule has 0 fully saturated rings. The number of rotatable bonds is 6. The van der Waals surface area contributed by atoms with Crippen LogP contribution in [0.25, 0.3) is 0 Å². The van der Waals surface area contributed by atoms with Gasteiger partial charge in [-0.15, -0.1) is 5.92 Å². The Kier molecular flexibility index (Phi) is 6.41. The van der Waals surface area contributed by atoms with Crippen LogP contribution in [0.15, 0.2) is 18.2 Å². The molecule has 1 N–H and O–H groups in total. The number of nitrogens with one attached hydrogen (secondary N) is 1. The molecule has 1 rings (SSSR count). The highest BCUT2D eigenvalue weighted by Gasteiger charge is 2.10. The molecule has 1 aromatic carbocycles. The van der Waals surface area contributed by atoms with Crippen LogP contribution in [-0.4, -0.2) is 18.8 Å². The maximum absolute atomic E-state index is 5.64. The van der Waals surface area contributed by atoms with Gasteiger partial charge >= 0.3 is 0 Å². The third-order valence-electron chi connectivity index (χ3n) is 2.61. The highest BCUT2D eigenvalue weighted by atomic mass is 16.5. The van der Waals surface area contributed by atoms with Gasteiger partial charge in [0.25, 0.3) is 0 Å². The Hall–Kier alpha value is -1.66. The minimum atomic E-state index is 0.0949. The van der Waals surface area contributed by atoms with Gasteiger partial charge in [0.05, 0.1) is 6.61 Å². The van der Waals surface area contributed by atoms with Crippen LogP contribution in [-0.2, 0) is 6.54 Å². The normalized spacial score (nSPS) is 10.7. The molecular formula is C17H25NO2. The number of benzene rings is 1. The SMILES string of the molecule is CC#CCOc1ccc(CNC(C)(C)C)cc1OCC. The van der Waals surface area contributed by atoms with Crippen LogP contribution < -0.4 is 14.8 Å². The third-order valence-corrected chi connectivity index (χ3v) is 2.61. The van der Waals surface area contributed by atoms with Crippen LogP contribution >= 0.6 is 0 Å². The molecule has 0 saturated carbocycles. The highest BCUT2D eigenvalue weighted by molar-refractivity contribution is 5.43. The summed E-state index contributed by atoms with van der Waals surface area (Å²) in [5.74, 6) is 7.22. The molecule has 0 radical (unpaired) electrons. The standard InChI is InChI=1S/C17H25NO2/c1-6-8-11-20-15-10-9-14(12-16(15)19-7-2)13-18-17(3,4)5/h9-10,12,18H,7,11,13H2,1-5H3. The molecule has 0 amide bonds. The van der Waals surface area contributed by atoms with E-state index in [4.69, 9.17) is 9.47 Å². The zero-order valence-electron chi connectivity index (χ0n) is 13.2.